The maximum absolute atomic E-state index is 12.6. The molecule has 0 spiro atoms. The highest BCUT2D eigenvalue weighted by Crippen LogP contribution is 2.31. The van der Waals surface area contributed by atoms with Crippen LogP contribution in [0.3, 0.4) is 0 Å². The van der Waals surface area contributed by atoms with Crippen molar-refractivity contribution in [3.05, 3.63) is 0 Å². The molecule has 0 aromatic heterocycles. The van der Waals surface area contributed by atoms with Gasteiger partial charge in [0.2, 0.25) is 0 Å². The Hall–Kier alpha value is -1.80. The molecule has 2 bridgehead atoms. The number of likely N-dealkylation sites (tertiary alicyclic amines) is 1. The van der Waals surface area contributed by atoms with Crippen LogP contribution < -0.4 is 5.84 Å². The number of hydrazine groups is 1. The third-order valence-electron chi connectivity index (χ3n) is 4.85. The number of hydrogen-bond acceptors (Lipinski definition) is 8. The third kappa shape index (κ3) is 3.81. The number of nitrogens with zero attached hydrogens (tertiary/aromatic N) is 4. The van der Waals surface area contributed by atoms with Crippen LogP contribution in [-0.4, -0.2) is 89.0 Å². The number of carbonyl (C=O) groups is 3. The summed E-state index contributed by atoms with van der Waals surface area (Å²) in [5, 5.41) is 1.07. The Bertz CT molecular complexity index is 708. The first-order chi connectivity index (χ1) is 12.2. The summed E-state index contributed by atoms with van der Waals surface area (Å²) >= 11 is 0. The average molecular weight is 391 g/mol. The number of imide groups is 1. The van der Waals surface area contributed by atoms with E-state index in [4.69, 9.17) is 10.4 Å². The van der Waals surface area contributed by atoms with E-state index in [1.54, 1.807) is 0 Å². The molecule has 146 valence electrons. The van der Waals surface area contributed by atoms with Gasteiger partial charge in [-0.2, -0.15) is 13.5 Å². The van der Waals surface area contributed by atoms with Gasteiger partial charge in [0.05, 0.1) is 12.6 Å². The Morgan fingerprint density at radius 3 is 2.54 bits per heavy atom. The first-order valence-corrected chi connectivity index (χ1v) is 9.64. The molecule has 3 aliphatic rings. The number of piperidine rings is 1. The molecule has 3 fully saturated rings. The molecule has 0 saturated carbocycles. The number of rotatable bonds is 5. The SMILES string of the molecule is NN(C(=O)CN1CCCC1)C(=O)[C@@H]1CC[C@@H]2CN1C(=O)N2OS(=O)(=O)O. The lowest BCUT2D eigenvalue weighted by molar-refractivity contribution is -0.149. The molecule has 12 nitrogen and oxygen atoms in total. The van der Waals surface area contributed by atoms with Crippen LogP contribution in [0.4, 0.5) is 4.79 Å². The average Bonchev–Trinajstić information content (AvgIpc) is 3.16. The van der Waals surface area contributed by atoms with E-state index in [2.05, 4.69) is 4.28 Å². The van der Waals surface area contributed by atoms with E-state index in [-0.39, 0.29) is 25.9 Å². The number of hydrogen-bond donors (Lipinski definition) is 2. The van der Waals surface area contributed by atoms with Crippen molar-refractivity contribution in [1.82, 2.24) is 19.9 Å². The molecule has 0 aromatic rings. The number of amides is 4. The Morgan fingerprint density at radius 1 is 1.27 bits per heavy atom. The van der Waals surface area contributed by atoms with Gasteiger partial charge in [-0.3, -0.25) is 19.0 Å². The van der Waals surface area contributed by atoms with Gasteiger partial charge in [0.15, 0.2) is 0 Å². The van der Waals surface area contributed by atoms with Gasteiger partial charge in [0.25, 0.3) is 11.8 Å². The molecule has 2 atom stereocenters. The smallest absolute Gasteiger partial charge is 0.309 e. The van der Waals surface area contributed by atoms with E-state index in [9.17, 15) is 22.8 Å². The maximum Gasteiger partial charge on any atom is 0.418 e. The molecule has 0 radical (unpaired) electrons. The monoisotopic (exact) mass is 391 g/mol. The Labute approximate surface area is 150 Å². The predicted molar refractivity (Wildman–Crippen MR) is 85.1 cm³/mol. The molecular weight excluding hydrogens is 370 g/mol. The van der Waals surface area contributed by atoms with Crippen molar-refractivity contribution in [2.75, 3.05) is 26.2 Å². The quantitative estimate of drug-likeness (QED) is 0.242. The minimum Gasteiger partial charge on any atom is -0.309 e. The van der Waals surface area contributed by atoms with Crippen molar-refractivity contribution >= 4 is 28.2 Å². The topological polar surface area (TPSA) is 154 Å². The highest BCUT2D eigenvalue weighted by Gasteiger charge is 2.50. The lowest BCUT2D eigenvalue weighted by atomic mass is 10.00. The number of urea groups is 1. The maximum atomic E-state index is 12.6. The second kappa shape index (κ2) is 7.08. The summed E-state index contributed by atoms with van der Waals surface area (Å²) in [7, 11) is -4.86. The van der Waals surface area contributed by atoms with Gasteiger partial charge in [0, 0.05) is 6.54 Å². The van der Waals surface area contributed by atoms with E-state index in [1.165, 1.54) is 0 Å². The van der Waals surface area contributed by atoms with Crippen LogP contribution in [0.25, 0.3) is 0 Å². The Kier molecular flexibility index (Phi) is 5.16. The van der Waals surface area contributed by atoms with Crippen molar-refractivity contribution in [1.29, 1.82) is 0 Å². The molecule has 3 saturated heterocycles. The summed E-state index contributed by atoms with van der Waals surface area (Å²) in [4.78, 5) is 40.1. The summed E-state index contributed by atoms with van der Waals surface area (Å²) < 4.78 is 34.8. The molecule has 3 heterocycles. The minimum atomic E-state index is -4.86. The van der Waals surface area contributed by atoms with Gasteiger partial charge < -0.3 is 4.90 Å². The summed E-state index contributed by atoms with van der Waals surface area (Å²) in [6.45, 7) is 1.61. The Balaban J connectivity index is 1.65. The number of hydroxylamine groups is 2. The number of fused-ring (bicyclic) bond motifs is 2. The first kappa shape index (κ1) is 19.0. The van der Waals surface area contributed by atoms with Crippen molar-refractivity contribution in [3.63, 3.8) is 0 Å². The number of nitrogens with two attached hydrogens (primary N) is 1. The molecule has 3 aliphatic heterocycles. The molecule has 0 aromatic carbocycles. The van der Waals surface area contributed by atoms with E-state index in [0.29, 0.717) is 10.1 Å². The molecule has 3 N–H and O–H groups in total. The van der Waals surface area contributed by atoms with Gasteiger partial charge in [0.1, 0.15) is 6.04 Å². The normalized spacial score (nSPS) is 26.5. The standard InChI is InChI=1S/C13H21N5O7S/c14-17(11(19)8-15-5-1-2-6-15)12(20)10-4-3-9-7-16(10)13(21)18(9)25-26(22,23)24/h9-10H,1-8,14H2,(H,22,23,24)/t9-,10+/m1/s1. The molecule has 3 rings (SSSR count). The fraction of sp³-hybridized carbons (Fsp3) is 0.769. The predicted octanol–water partition coefficient (Wildman–Crippen LogP) is -1.69. The van der Waals surface area contributed by atoms with Gasteiger partial charge in [-0.15, -0.1) is 4.28 Å². The van der Waals surface area contributed by atoms with Crippen molar-refractivity contribution in [3.8, 4) is 0 Å². The zero-order chi connectivity index (χ0) is 19.1. The highest BCUT2D eigenvalue weighted by atomic mass is 32.3. The van der Waals surface area contributed by atoms with Gasteiger partial charge in [-0.25, -0.2) is 15.6 Å². The van der Waals surface area contributed by atoms with Crippen LogP contribution in [-0.2, 0) is 24.3 Å². The van der Waals surface area contributed by atoms with Crippen LogP contribution in [0.15, 0.2) is 0 Å². The molecule has 13 heteroatoms. The zero-order valence-electron chi connectivity index (χ0n) is 14.0. The molecule has 0 unspecified atom stereocenters. The molecule has 4 amide bonds. The van der Waals surface area contributed by atoms with E-state index < -0.39 is 40.3 Å². The second-order valence-electron chi connectivity index (χ2n) is 6.60. The van der Waals surface area contributed by atoms with Crippen LogP contribution in [0, 0.1) is 0 Å². The van der Waals surface area contributed by atoms with Crippen LogP contribution in [0.1, 0.15) is 25.7 Å². The third-order valence-corrected chi connectivity index (χ3v) is 5.20. The van der Waals surface area contributed by atoms with Gasteiger partial charge >= 0.3 is 16.4 Å². The lowest BCUT2D eigenvalue weighted by Gasteiger charge is -2.31. The second-order valence-corrected chi connectivity index (χ2v) is 7.60. The van der Waals surface area contributed by atoms with Gasteiger partial charge in [-0.05, 0) is 38.8 Å². The first-order valence-electron chi connectivity index (χ1n) is 8.28. The van der Waals surface area contributed by atoms with E-state index in [1.807, 2.05) is 4.90 Å². The largest absolute Gasteiger partial charge is 0.418 e. The fourth-order valence-electron chi connectivity index (χ4n) is 3.58. The van der Waals surface area contributed by atoms with Gasteiger partial charge in [-0.1, -0.05) is 0 Å². The Morgan fingerprint density at radius 2 is 1.92 bits per heavy atom. The summed E-state index contributed by atoms with van der Waals surface area (Å²) in [5.74, 6) is 4.39. The summed E-state index contributed by atoms with van der Waals surface area (Å²) in [5.41, 5.74) is 0. The molecular formula is C13H21N5O7S. The van der Waals surface area contributed by atoms with E-state index in [0.717, 1.165) is 30.8 Å². The minimum absolute atomic E-state index is 0.0313. The summed E-state index contributed by atoms with van der Waals surface area (Å²) in [6, 6.07) is -2.47. The molecule has 26 heavy (non-hydrogen) atoms. The van der Waals surface area contributed by atoms with Crippen molar-refractivity contribution in [2.45, 2.75) is 37.8 Å². The van der Waals surface area contributed by atoms with Crippen LogP contribution in [0.2, 0.25) is 0 Å². The lowest BCUT2D eigenvalue weighted by Crippen LogP contribution is -2.56. The highest BCUT2D eigenvalue weighted by molar-refractivity contribution is 7.80. The fourth-order valence-corrected chi connectivity index (χ4v) is 3.97. The van der Waals surface area contributed by atoms with Crippen LogP contribution >= 0.6 is 0 Å². The van der Waals surface area contributed by atoms with Crippen molar-refractivity contribution in [2.24, 2.45) is 5.84 Å². The number of carbonyl (C=O) groups excluding carboxylic acids is 3. The van der Waals surface area contributed by atoms with Crippen LogP contribution in [0.5, 0.6) is 0 Å². The van der Waals surface area contributed by atoms with E-state index >= 15 is 0 Å². The summed E-state index contributed by atoms with van der Waals surface area (Å²) in [6.07, 6.45) is 2.44. The molecule has 0 aliphatic carbocycles. The van der Waals surface area contributed by atoms with Crippen molar-refractivity contribution < 1.29 is 31.6 Å². The zero-order valence-corrected chi connectivity index (χ0v) is 14.8.